The van der Waals surface area contributed by atoms with Gasteiger partial charge in [0.25, 0.3) is 5.91 Å². The van der Waals surface area contributed by atoms with Gasteiger partial charge in [0.05, 0.1) is 5.69 Å². The Balaban J connectivity index is 1.46. The van der Waals surface area contributed by atoms with Crippen LogP contribution in [-0.2, 0) is 25.6 Å². The molecule has 3 heterocycles. The third kappa shape index (κ3) is 4.89. The van der Waals surface area contributed by atoms with Crippen molar-refractivity contribution in [3.05, 3.63) is 23.2 Å². The fourth-order valence-corrected chi connectivity index (χ4v) is 3.86. The molecule has 28 heavy (non-hydrogen) atoms. The van der Waals surface area contributed by atoms with E-state index in [-0.39, 0.29) is 17.7 Å². The highest BCUT2D eigenvalue weighted by Crippen LogP contribution is 2.20. The number of thiazole rings is 1. The van der Waals surface area contributed by atoms with E-state index in [1.54, 1.807) is 16.4 Å². The van der Waals surface area contributed by atoms with Crippen LogP contribution >= 0.6 is 11.3 Å². The molecule has 1 aromatic rings. The molecule has 0 spiro atoms. The number of rotatable bonds is 6. The Morgan fingerprint density at radius 1 is 1.29 bits per heavy atom. The van der Waals surface area contributed by atoms with Crippen LogP contribution < -0.4 is 11.1 Å². The zero-order valence-electron chi connectivity index (χ0n) is 15.2. The number of nitrogens with zero attached hydrogens (tertiary/aromatic N) is 3. The summed E-state index contributed by atoms with van der Waals surface area (Å²) in [7, 11) is 0. The lowest BCUT2D eigenvalue weighted by Gasteiger charge is -2.30. The number of hydrogen-bond acceptors (Lipinski definition) is 6. The largest absolute Gasteiger partial charge is 0.369 e. The number of aromatic nitrogens is 1. The predicted molar refractivity (Wildman–Crippen MR) is 104 cm³/mol. The van der Waals surface area contributed by atoms with E-state index in [9.17, 15) is 19.2 Å². The highest BCUT2D eigenvalue weighted by Gasteiger charge is 2.27. The number of dihydropyridines is 1. The number of anilines is 1. The normalized spacial score (nSPS) is 19.6. The first-order chi connectivity index (χ1) is 13.4. The number of aliphatic imine (C=N–C) groups is 1. The van der Waals surface area contributed by atoms with Crippen molar-refractivity contribution in [3.63, 3.8) is 0 Å². The van der Waals surface area contributed by atoms with E-state index in [2.05, 4.69) is 15.3 Å². The van der Waals surface area contributed by atoms with Gasteiger partial charge >= 0.3 is 0 Å². The van der Waals surface area contributed by atoms with Gasteiger partial charge in [-0.3, -0.25) is 19.2 Å². The Kier molecular flexibility index (Phi) is 6.30. The highest BCUT2D eigenvalue weighted by molar-refractivity contribution is 7.13. The molecule has 0 saturated carbocycles. The Labute approximate surface area is 165 Å². The molecule has 4 amide bonds. The van der Waals surface area contributed by atoms with E-state index in [0.717, 1.165) is 0 Å². The number of nitrogens with two attached hydrogens (primary N) is 1. The van der Waals surface area contributed by atoms with Gasteiger partial charge in [0, 0.05) is 37.0 Å². The molecule has 9 nitrogen and oxygen atoms in total. The van der Waals surface area contributed by atoms with Crippen molar-refractivity contribution < 1.29 is 19.2 Å². The fraction of sp³-hybridized carbons (Fsp3) is 0.444. The molecule has 10 heteroatoms. The topological polar surface area (TPSA) is 135 Å². The minimum Gasteiger partial charge on any atom is -0.369 e. The van der Waals surface area contributed by atoms with Crippen LogP contribution in [0.1, 0.15) is 25.0 Å². The maximum Gasteiger partial charge on any atom is 0.262 e. The van der Waals surface area contributed by atoms with Crippen molar-refractivity contribution in [1.29, 1.82) is 0 Å². The van der Waals surface area contributed by atoms with Crippen molar-refractivity contribution in [2.24, 2.45) is 22.6 Å². The van der Waals surface area contributed by atoms with Crippen molar-refractivity contribution in [1.82, 2.24) is 9.88 Å². The molecule has 2 aliphatic heterocycles. The summed E-state index contributed by atoms with van der Waals surface area (Å²) in [6.45, 7) is 1.08. The lowest BCUT2D eigenvalue weighted by atomic mass is 9.96. The maximum absolute atomic E-state index is 12.3. The monoisotopic (exact) mass is 403 g/mol. The lowest BCUT2D eigenvalue weighted by Crippen LogP contribution is -2.41. The van der Waals surface area contributed by atoms with Crippen molar-refractivity contribution >= 4 is 46.3 Å². The molecule has 1 atom stereocenters. The molecule has 1 fully saturated rings. The number of primary amides is 1. The van der Waals surface area contributed by atoms with E-state index in [1.807, 2.05) is 0 Å². The van der Waals surface area contributed by atoms with Gasteiger partial charge in [0.15, 0.2) is 5.13 Å². The molecular weight excluding hydrogens is 382 g/mol. The molecule has 0 aromatic carbocycles. The first-order valence-electron chi connectivity index (χ1n) is 9.01. The van der Waals surface area contributed by atoms with Gasteiger partial charge in [0.1, 0.15) is 5.92 Å². The number of carbonyl (C=O) groups is 4. The standard InChI is InChI=1S/C18H21N5O4S/c19-15(25)11-5-8-23(9-6-11)14(24)4-3-12-10-28-18(21-12)22-17(27)13-2-1-7-20-16(13)26/h1-2,7,10-11,13H,3-6,8-9H2,(H2,19,25)(H,21,22,27). The van der Waals surface area contributed by atoms with Crippen molar-refractivity contribution in [2.45, 2.75) is 25.7 Å². The summed E-state index contributed by atoms with van der Waals surface area (Å²) in [6, 6.07) is 0. The van der Waals surface area contributed by atoms with Gasteiger partial charge in [-0.25, -0.2) is 9.98 Å². The average Bonchev–Trinajstić information content (AvgIpc) is 3.13. The number of allylic oxidation sites excluding steroid dienone is 1. The van der Waals surface area contributed by atoms with Crippen LogP contribution in [0, 0.1) is 11.8 Å². The molecular formula is C18H21N5O4S. The van der Waals surface area contributed by atoms with Crippen LogP contribution in [0.25, 0.3) is 0 Å². The minimum atomic E-state index is -0.942. The molecule has 0 aliphatic carbocycles. The second-order valence-corrected chi connectivity index (χ2v) is 7.53. The smallest absolute Gasteiger partial charge is 0.262 e. The van der Waals surface area contributed by atoms with Crippen LogP contribution in [0.2, 0.25) is 0 Å². The lowest BCUT2D eigenvalue weighted by molar-refractivity contribution is -0.134. The predicted octanol–water partition coefficient (Wildman–Crippen LogP) is 0.521. The number of hydrogen-bond donors (Lipinski definition) is 2. The second kappa shape index (κ2) is 8.87. The Bertz CT molecular complexity index is 839. The quantitative estimate of drug-likeness (QED) is 0.668. The van der Waals surface area contributed by atoms with Crippen LogP contribution in [0.3, 0.4) is 0 Å². The van der Waals surface area contributed by atoms with E-state index in [1.165, 1.54) is 23.6 Å². The first kappa shape index (κ1) is 19.9. The molecule has 1 aromatic heterocycles. The summed E-state index contributed by atoms with van der Waals surface area (Å²) < 4.78 is 0. The summed E-state index contributed by atoms with van der Waals surface area (Å²) in [5.41, 5.74) is 6.01. The van der Waals surface area contributed by atoms with E-state index in [0.29, 0.717) is 49.6 Å². The van der Waals surface area contributed by atoms with Gasteiger partial charge in [-0.05, 0) is 25.3 Å². The third-order valence-corrected chi connectivity index (χ3v) is 5.57. The van der Waals surface area contributed by atoms with Gasteiger partial charge < -0.3 is 16.0 Å². The Hall–Kier alpha value is -2.88. The Morgan fingerprint density at radius 3 is 2.71 bits per heavy atom. The number of amides is 4. The first-order valence-corrected chi connectivity index (χ1v) is 9.89. The van der Waals surface area contributed by atoms with Gasteiger partial charge in [0.2, 0.25) is 17.7 Å². The molecule has 1 unspecified atom stereocenters. The van der Waals surface area contributed by atoms with Crippen LogP contribution in [-0.4, -0.2) is 52.8 Å². The minimum absolute atomic E-state index is 0.0114. The zero-order chi connectivity index (χ0) is 20.1. The molecule has 0 radical (unpaired) electrons. The number of nitrogens with one attached hydrogen (secondary N) is 1. The summed E-state index contributed by atoms with van der Waals surface area (Å²) in [5.74, 6) is -2.37. The molecule has 3 N–H and O–H groups in total. The summed E-state index contributed by atoms with van der Waals surface area (Å²) in [5, 5.41) is 4.77. The summed E-state index contributed by atoms with van der Waals surface area (Å²) >= 11 is 1.24. The molecule has 2 aliphatic rings. The molecule has 1 saturated heterocycles. The number of aryl methyl sites for hydroxylation is 1. The summed E-state index contributed by atoms with van der Waals surface area (Å²) in [6.07, 6.45) is 6.35. The number of carbonyl (C=O) groups excluding carboxylic acids is 4. The zero-order valence-corrected chi connectivity index (χ0v) is 16.0. The van der Waals surface area contributed by atoms with Gasteiger partial charge in [-0.1, -0.05) is 6.08 Å². The van der Waals surface area contributed by atoms with Crippen molar-refractivity contribution in [3.8, 4) is 0 Å². The SMILES string of the molecule is NC(=O)C1CCN(C(=O)CCc2csc(NC(=O)C3C=CC=NC3=O)n2)CC1. The van der Waals surface area contributed by atoms with Gasteiger partial charge in [-0.2, -0.15) is 0 Å². The molecule has 0 bridgehead atoms. The van der Waals surface area contributed by atoms with Gasteiger partial charge in [-0.15, -0.1) is 11.3 Å². The van der Waals surface area contributed by atoms with E-state index < -0.39 is 17.7 Å². The fourth-order valence-electron chi connectivity index (χ4n) is 3.11. The van der Waals surface area contributed by atoms with Crippen LogP contribution in [0.15, 0.2) is 22.5 Å². The van der Waals surface area contributed by atoms with E-state index >= 15 is 0 Å². The van der Waals surface area contributed by atoms with Crippen LogP contribution in [0.4, 0.5) is 5.13 Å². The third-order valence-electron chi connectivity index (χ3n) is 4.77. The number of likely N-dealkylation sites (tertiary alicyclic amines) is 1. The second-order valence-electron chi connectivity index (χ2n) is 6.67. The van der Waals surface area contributed by atoms with E-state index in [4.69, 9.17) is 5.73 Å². The highest BCUT2D eigenvalue weighted by atomic mass is 32.1. The molecule has 148 valence electrons. The molecule has 3 rings (SSSR count). The maximum atomic E-state index is 12.3. The summed E-state index contributed by atoms with van der Waals surface area (Å²) in [4.78, 5) is 56.9. The average molecular weight is 403 g/mol. The van der Waals surface area contributed by atoms with Crippen molar-refractivity contribution in [2.75, 3.05) is 18.4 Å². The van der Waals surface area contributed by atoms with Crippen LogP contribution in [0.5, 0.6) is 0 Å². The Morgan fingerprint density at radius 2 is 2.04 bits per heavy atom. The number of piperidine rings is 1.